The molecule has 0 saturated carbocycles. The maximum atomic E-state index is 15.0. The maximum absolute atomic E-state index is 15.0. The molecule has 61 heavy (non-hydrogen) atoms. The van der Waals surface area contributed by atoms with Crippen molar-refractivity contribution in [1.29, 1.82) is 0 Å². The summed E-state index contributed by atoms with van der Waals surface area (Å²) in [7, 11) is 0. The van der Waals surface area contributed by atoms with Gasteiger partial charge in [0, 0.05) is 24.2 Å². The molecule has 5 aliphatic heterocycles. The molecule has 0 radical (unpaired) electrons. The zero-order valence-corrected chi connectivity index (χ0v) is 40.2. The molecule has 5 N–H and O–H groups in total. The van der Waals surface area contributed by atoms with Crippen molar-refractivity contribution in [2.24, 2.45) is 41.4 Å². The first-order chi connectivity index (χ1) is 28.4. The van der Waals surface area contributed by atoms with Crippen LogP contribution in [0.5, 0.6) is 0 Å². The fourth-order valence-electron chi connectivity index (χ4n) is 11.0. The first-order valence-corrected chi connectivity index (χ1v) is 26.8. The number of esters is 1. The number of carbonyl (C=O) groups is 3. The number of aliphatic hydroxyl groups is 2. The molecule has 18 atom stereocenters. The fourth-order valence-corrected chi connectivity index (χ4v) is 12.6. The largest absolute Gasteiger partial charge is 0.481 e. The number of carboxylic acid groups (broad SMARTS) is 1. The van der Waals surface area contributed by atoms with Crippen LogP contribution < -0.4 is 0 Å². The Morgan fingerprint density at radius 2 is 1.61 bits per heavy atom. The van der Waals surface area contributed by atoms with E-state index in [1.165, 1.54) is 0 Å². The van der Waals surface area contributed by atoms with Crippen molar-refractivity contribution < 1.29 is 67.9 Å². The molecule has 4 saturated heterocycles. The lowest BCUT2D eigenvalue weighted by atomic mass is 9.72. The zero-order valence-electron chi connectivity index (χ0n) is 37.7. The number of aliphatic carboxylic acids is 1. The van der Waals surface area contributed by atoms with Crippen molar-refractivity contribution >= 4 is 46.6 Å². The van der Waals surface area contributed by atoms with E-state index >= 15 is 4.79 Å². The van der Waals surface area contributed by atoms with Gasteiger partial charge in [0.1, 0.15) is 23.7 Å². The van der Waals surface area contributed by atoms with Crippen molar-refractivity contribution in [2.45, 2.75) is 199 Å². The smallest absolute Gasteiger partial charge is 0.316 e. The van der Waals surface area contributed by atoms with E-state index in [-0.39, 0.29) is 29.6 Å². The number of Topliss-reactive ketones (excluding diaryl/α,β-unsaturated/α-hetero) is 1. The van der Waals surface area contributed by atoms with Gasteiger partial charge in [0.05, 0.1) is 53.6 Å². The molecule has 5 heterocycles. The Kier molecular flexibility index (Phi) is 16.6. The van der Waals surface area contributed by atoms with E-state index in [9.17, 15) is 34.7 Å². The van der Waals surface area contributed by atoms with Crippen LogP contribution in [0.25, 0.3) is 0 Å². The number of rotatable bonds is 16. The maximum Gasteiger partial charge on any atom is 0.316 e. The van der Waals surface area contributed by atoms with Crippen LogP contribution >= 0.6 is 17.1 Å². The highest BCUT2D eigenvalue weighted by Crippen LogP contribution is 2.54. The second-order valence-electron chi connectivity index (χ2n) is 19.1. The first kappa shape index (κ1) is 51.0. The van der Waals surface area contributed by atoms with E-state index in [1.807, 2.05) is 62.3 Å². The number of carboxylic acids is 1. The second-order valence-corrected chi connectivity index (χ2v) is 25.2. The summed E-state index contributed by atoms with van der Waals surface area (Å²) in [4.78, 5) is 60.2. The Labute approximate surface area is 371 Å². The number of carbonyl (C=O) groups excluding carboxylic acids is 2. The van der Waals surface area contributed by atoms with Gasteiger partial charge in [-0.05, 0) is 107 Å². The molecule has 17 heteroatoms. The SMILES string of the molecule is CCC(C(=O)[C@H](C)[C@H](OC(=O)CSP(O)(O)=S)[C@@H](C)[C@H]1OC([C@H](CC)C(=O)O)CC[C@H]1C)[C@H]1O[C@@]2(C=C[C@@H](O)[C@@]3(CC[C@@](C)([C@H]4CC[C@](O)(CC)[C@H](C)O4)O3)O2)[C@H](C)C[C@@H]1C. The standard InChI is InChI=1S/C44H73O14PS2/c1-11-30(40(48)49)32-15-14-24(4)37(54-32)28(8)39(55-35(46)23-61-59(51,52)60)27(7)36(47)31(12-2)38-25(5)22-26(6)43(56-38)19-16-33(45)44(58-43)21-20-41(10,57-44)34-17-18-42(50,13-3)29(9)53-34/h16,19,24-34,37-39,45,50H,11-15,17-18,20-23H2,1-10H3,(H,48,49)(H2,51,52,60)/t24-,25+,26-,27+,28+,29+,30+,31?,32?,33-,34-,37+,38+,39+,41+,42-,43-,44-/m1/s1. The van der Waals surface area contributed by atoms with E-state index in [0.29, 0.717) is 75.6 Å². The van der Waals surface area contributed by atoms with Gasteiger partial charge in [0.25, 0.3) is 0 Å². The van der Waals surface area contributed by atoms with Crippen molar-refractivity contribution in [1.82, 2.24) is 0 Å². The van der Waals surface area contributed by atoms with Gasteiger partial charge in [0.15, 0.2) is 5.79 Å². The molecule has 0 aromatic rings. The molecule has 2 unspecified atom stereocenters. The lowest BCUT2D eigenvalue weighted by molar-refractivity contribution is -0.409. The molecule has 4 fully saturated rings. The van der Waals surface area contributed by atoms with Crippen molar-refractivity contribution in [3.63, 3.8) is 0 Å². The summed E-state index contributed by atoms with van der Waals surface area (Å²) in [6.07, 6.45) is 4.15. The monoisotopic (exact) mass is 920 g/mol. The Hall–Kier alpha value is -1.01. The number of hydrogen-bond acceptors (Lipinski definition) is 13. The molecule has 0 aromatic carbocycles. The summed E-state index contributed by atoms with van der Waals surface area (Å²) < 4.78 is 39.8. The minimum atomic E-state index is -3.78. The normalized spacial score (nSPS) is 41.8. The third-order valence-electron chi connectivity index (χ3n) is 15.0. The van der Waals surface area contributed by atoms with Gasteiger partial charge in [-0.2, -0.15) is 0 Å². The topological polar surface area (TPSA) is 208 Å². The van der Waals surface area contributed by atoms with Crippen LogP contribution in [-0.2, 0) is 54.6 Å². The molecule has 5 rings (SSSR count). The van der Waals surface area contributed by atoms with E-state index < -0.39 is 106 Å². The Bertz CT molecular complexity index is 1650. The van der Waals surface area contributed by atoms with Gasteiger partial charge in [-0.25, -0.2) is 0 Å². The van der Waals surface area contributed by atoms with Gasteiger partial charge in [-0.15, -0.1) is 0 Å². The summed E-state index contributed by atoms with van der Waals surface area (Å²) in [6.45, 7) is 19.2. The van der Waals surface area contributed by atoms with Crippen LogP contribution in [-0.4, -0.2) is 114 Å². The van der Waals surface area contributed by atoms with Crippen LogP contribution in [0.15, 0.2) is 12.2 Å². The van der Waals surface area contributed by atoms with Crippen LogP contribution in [0.3, 0.4) is 0 Å². The molecule has 350 valence electrons. The molecule has 14 nitrogen and oxygen atoms in total. The zero-order chi connectivity index (χ0) is 45.5. The molecule has 0 aromatic heterocycles. The highest BCUT2D eigenvalue weighted by atomic mass is 32.9. The fraction of sp³-hybridized carbons (Fsp3) is 0.886. The predicted molar refractivity (Wildman–Crippen MR) is 234 cm³/mol. The molecule has 0 bridgehead atoms. The van der Waals surface area contributed by atoms with Crippen molar-refractivity contribution in [3.8, 4) is 0 Å². The minimum absolute atomic E-state index is 0.0354. The van der Waals surface area contributed by atoms with E-state index in [4.69, 9.17) is 40.2 Å². The minimum Gasteiger partial charge on any atom is -0.481 e. The number of aliphatic hydroxyl groups excluding tert-OH is 1. The van der Waals surface area contributed by atoms with Gasteiger partial charge < -0.3 is 53.5 Å². The second kappa shape index (κ2) is 19.8. The van der Waals surface area contributed by atoms with Gasteiger partial charge >= 0.3 is 11.9 Å². The summed E-state index contributed by atoms with van der Waals surface area (Å²) in [5.74, 6) is -8.24. The van der Waals surface area contributed by atoms with Gasteiger partial charge in [0.2, 0.25) is 11.5 Å². The highest BCUT2D eigenvalue weighted by molar-refractivity contribution is 8.67. The number of ether oxygens (including phenoxy) is 6. The van der Waals surface area contributed by atoms with Crippen LogP contribution in [0.1, 0.15) is 133 Å². The number of ketones is 1. The summed E-state index contributed by atoms with van der Waals surface area (Å²) in [5.41, 5.74) is -5.50. The lowest BCUT2D eigenvalue weighted by Crippen LogP contribution is -2.63. The molecular formula is C44H73O14PS2. The summed E-state index contributed by atoms with van der Waals surface area (Å²) in [6, 6.07) is 0. The van der Waals surface area contributed by atoms with Crippen molar-refractivity contribution in [3.05, 3.63) is 12.2 Å². The Balaban J connectivity index is 1.40. The van der Waals surface area contributed by atoms with Crippen LogP contribution in [0.4, 0.5) is 0 Å². The van der Waals surface area contributed by atoms with E-state index in [2.05, 4.69) is 0 Å². The lowest BCUT2D eigenvalue weighted by Gasteiger charge is -2.54. The van der Waals surface area contributed by atoms with Crippen LogP contribution in [0.2, 0.25) is 0 Å². The quantitative estimate of drug-likeness (QED) is 0.0622. The first-order valence-electron chi connectivity index (χ1n) is 22.5. The third-order valence-corrected chi connectivity index (χ3v) is 18.1. The van der Waals surface area contributed by atoms with Crippen LogP contribution in [0, 0.1) is 41.4 Å². The van der Waals surface area contributed by atoms with Gasteiger partial charge in [-0.1, -0.05) is 66.8 Å². The molecule has 2 spiro atoms. The molecule has 0 aliphatic carbocycles. The average molecular weight is 921 g/mol. The molecular weight excluding hydrogens is 848 g/mol. The Morgan fingerprint density at radius 1 is 0.934 bits per heavy atom. The summed E-state index contributed by atoms with van der Waals surface area (Å²) in [5, 5.41) is 32.6. The third kappa shape index (κ3) is 10.8. The Morgan fingerprint density at radius 3 is 2.20 bits per heavy atom. The van der Waals surface area contributed by atoms with Gasteiger partial charge in [-0.3, -0.25) is 14.4 Å². The van der Waals surface area contributed by atoms with E-state index in [0.717, 1.165) is 0 Å². The average Bonchev–Trinajstić information content (AvgIpc) is 3.54. The molecule has 0 amide bonds. The molecule has 5 aliphatic rings. The number of hydrogen-bond donors (Lipinski definition) is 5. The summed E-state index contributed by atoms with van der Waals surface area (Å²) >= 11 is 5.25. The van der Waals surface area contributed by atoms with Crippen molar-refractivity contribution in [2.75, 3.05) is 5.75 Å². The van der Waals surface area contributed by atoms with E-state index in [1.54, 1.807) is 19.1 Å². The predicted octanol–water partition coefficient (Wildman–Crippen LogP) is 6.68. The highest BCUT2D eigenvalue weighted by Gasteiger charge is 2.63.